The van der Waals surface area contributed by atoms with Crippen LogP contribution in [-0.4, -0.2) is 83.0 Å². The van der Waals surface area contributed by atoms with E-state index in [1.807, 2.05) is 12.2 Å². The van der Waals surface area contributed by atoms with Crippen molar-refractivity contribution in [2.45, 2.75) is 127 Å². The number of fused-ring (bicyclic) bond motifs is 3. The zero-order valence-electron chi connectivity index (χ0n) is 29.4. The third kappa shape index (κ3) is 8.39. The smallest absolute Gasteiger partial charge is 0.408 e. The molecule has 13 nitrogen and oxygen atoms in total. The first-order chi connectivity index (χ1) is 24.1. The van der Waals surface area contributed by atoms with Crippen molar-refractivity contribution >= 4 is 39.7 Å². The summed E-state index contributed by atoms with van der Waals surface area (Å²) in [5.74, 6) is -3.49. The molecule has 3 aliphatic heterocycles. The summed E-state index contributed by atoms with van der Waals surface area (Å²) in [5, 5.41) is 4.90. The standard InChI is InChI=1S/C36H48FN5O8S/c1-35(2,3)50-34(47)38-28-13-8-6-4-5-7-11-24-18-36(24,33(46)40-51(48,49)25-14-15-25)39-31(44)29-16-22(19-42(29)32(28)45)17-30(43)41-20-23-10-9-12-27(37)26(23)21-41/h7,9-12,22,24-25,28-29H,4-6,8,13-21H2,1-3H3,(H,38,47)(H,39,44)(H,40,46)/b11-7-/t22-,24+,28-,29-,36+/m0/s1. The molecule has 0 bridgehead atoms. The number of allylic oxidation sites excluding steroid dienone is 1. The molecule has 0 aromatic heterocycles. The maximum Gasteiger partial charge on any atom is 0.408 e. The molecule has 0 unspecified atom stereocenters. The van der Waals surface area contributed by atoms with Crippen LogP contribution in [0.5, 0.6) is 0 Å². The van der Waals surface area contributed by atoms with Crippen molar-refractivity contribution in [3.8, 4) is 0 Å². The maximum atomic E-state index is 14.4. The predicted octanol–water partition coefficient (Wildman–Crippen LogP) is 3.17. The van der Waals surface area contributed by atoms with E-state index in [1.165, 1.54) is 11.0 Å². The molecular weight excluding hydrogens is 681 g/mol. The molecule has 51 heavy (non-hydrogen) atoms. The molecule has 6 rings (SSSR count). The first-order valence-corrected chi connectivity index (χ1v) is 19.5. The van der Waals surface area contributed by atoms with Gasteiger partial charge in [-0.15, -0.1) is 0 Å². The summed E-state index contributed by atoms with van der Waals surface area (Å²) in [7, 11) is -3.90. The molecule has 15 heteroatoms. The lowest BCUT2D eigenvalue weighted by molar-refractivity contribution is -0.141. The molecule has 3 N–H and O–H groups in total. The first kappa shape index (κ1) is 36.8. The van der Waals surface area contributed by atoms with Gasteiger partial charge in [-0.2, -0.15) is 0 Å². The average Bonchev–Trinajstić information content (AvgIpc) is 3.93. The second-order valence-electron chi connectivity index (χ2n) is 15.7. The first-order valence-electron chi connectivity index (χ1n) is 17.9. The molecule has 5 amide bonds. The van der Waals surface area contributed by atoms with Crippen LogP contribution in [0.3, 0.4) is 0 Å². The van der Waals surface area contributed by atoms with Crippen LogP contribution in [0.25, 0.3) is 0 Å². The molecule has 5 aliphatic rings. The van der Waals surface area contributed by atoms with Gasteiger partial charge in [0, 0.05) is 37.5 Å². The van der Waals surface area contributed by atoms with Gasteiger partial charge in [0.2, 0.25) is 27.7 Å². The van der Waals surface area contributed by atoms with Crippen LogP contribution in [0.2, 0.25) is 0 Å². The highest BCUT2D eigenvalue weighted by atomic mass is 32.2. The summed E-state index contributed by atoms with van der Waals surface area (Å²) in [6, 6.07) is 2.61. The van der Waals surface area contributed by atoms with Gasteiger partial charge < -0.3 is 25.2 Å². The van der Waals surface area contributed by atoms with Crippen LogP contribution < -0.4 is 15.4 Å². The minimum Gasteiger partial charge on any atom is -0.444 e. The summed E-state index contributed by atoms with van der Waals surface area (Å²) in [6.45, 7) is 5.54. The van der Waals surface area contributed by atoms with Gasteiger partial charge in [-0.05, 0) is 83.3 Å². The van der Waals surface area contributed by atoms with E-state index in [0.717, 1.165) is 18.4 Å². The normalized spacial score (nSPS) is 29.0. The van der Waals surface area contributed by atoms with Crippen molar-refractivity contribution in [3.05, 3.63) is 47.3 Å². The van der Waals surface area contributed by atoms with Crippen LogP contribution in [-0.2, 0) is 47.0 Å². The van der Waals surface area contributed by atoms with Crippen molar-refractivity contribution < 1.29 is 41.5 Å². The van der Waals surface area contributed by atoms with Crippen molar-refractivity contribution in [1.82, 2.24) is 25.2 Å². The highest BCUT2D eigenvalue weighted by Crippen LogP contribution is 2.46. The molecular formula is C36H48FN5O8S. The van der Waals surface area contributed by atoms with Gasteiger partial charge in [0.1, 0.15) is 29.0 Å². The Bertz CT molecular complexity index is 1720. The van der Waals surface area contributed by atoms with Gasteiger partial charge in [-0.3, -0.25) is 23.9 Å². The number of benzene rings is 1. The fraction of sp³-hybridized carbons (Fsp3) is 0.639. The number of carbonyl (C=O) groups is 5. The third-order valence-corrected chi connectivity index (χ3v) is 12.2. The Balaban J connectivity index is 1.25. The van der Waals surface area contributed by atoms with Crippen molar-refractivity contribution in [2.75, 3.05) is 6.54 Å². The van der Waals surface area contributed by atoms with Crippen LogP contribution in [0.4, 0.5) is 9.18 Å². The van der Waals surface area contributed by atoms with Crippen LogP contribution in [0.15, 0.2) is 30.4 Å². The van der Waals surface area contributed by atoms with E-state index in [9.17, 15) is 36.8 Å². The molecule has 0 spiro atoms. The topological polar surface area (TPSA) is 171 Å². The lowest BCUT2D eigenvalue weighted by Crippen LogP contribution is -2.58. The van der Waals surface area contributed by atoms with E-state index in [0.29, 0.717) is 37.7 Å². The van der Waals surface area contributed by atoms with Crippen molar-refractivity contribution in [2.24, 2.45) is 11.8 Å². The largest absolute Gasteiger partial charge is 0.444 e. The Kier molecular flexibility index (Phi) is 10.2. The summed E-state index contributed by atoms with van der Waals surface area (Å²) in [5.41, 5.74) is -1.14. The van der Waals surface area contributed by atoms with E-state index >= 15 is 0 Å². The number of sulfonamides is 1. The maximum absolute atomic E-state index is 14.4. The van der Waals surface area contributed by atoms with Gasteiger partial charge in [-0.25, -0.2) is 17.6 Å². The zero-order chi connectivity index (χ0) is 36.7. The van der Waals surface area contributed by atoms with Gasteiger partial charge in [0.15, 0.2) is 0 Å². The average molecular weight is 730 g/mol. The Morgan fingerprint density at radius 1 is 1.08 bits per heavy atom. The Morgan fingerprint density at radius 3 is 2.55 bits per heavy atom. The number of halogens is 1. The Morgan fingerprint density at radius 2 is 1.84 bits per heavy atom. The monoisotopic (exact) mass is 729 g/mol. The fourth-order valence-corrected chi connectivity index (χ4v) is 8.78. The molecule has 1 aromatic carbocycles. The lowest BCUT2D eigenvalue weighted by atomic mass is 10.00. The Hall–Kier alpha value is -4.01. The van der Waals surface area contributed by atoms with E-state index in [1.54, 1.807) is 37.8 Å². The fourth-order valence-electron chi connectivity index (χ4n) is 7.42. The number of rotatable bonds is 6. The zero-order valence-corrected chi connectivity index (χ0v) is 30.2. The third-order valence-electron chi connectivity index (χ3n) is 10.4. The van der Waals surface area contributed by atoms with E-state index < -0.39 is 74.1 Å². The number of nitrogens with zero attached hydrogens (tertiary/aromatic N) is 2. The lowest BCUT2D eigenvalue weighted by Gasteiger charge is -2.30. The minimum atomic E-state index is -3.90. The summed E-state index contributed by atoms with van der Waals surface area (Å²) < 4.78 is 47.6. The number of hydrogen-bond acceptors (Lipinski definition) is 8. The molecule has 5 atom stereocenters. The summed E-state index contributed by atoms with van der Waals surface area (Å²) >= 11 is 0. The Labute approximate surface area is 298 Å². The number of hydrogen-bond donors (Lipinski definition) is 3. The molecule has 1 aromatic rings. The molecule has 2 aliphatic carbocycles. The van der Waals surface area contributed by atoms with Crippen LogP contribution in [0.1, 0.15) is 96.1 Å². The molecule has 1 saturated heterocycles. The summed E-state index contributed by atoms with van der Waals surface area (Å²) in [6.07, 6.45) is 7.29. The van der Waals surface area contributed by atoms with E-state index in [-0.39, 0.29) is 50.6 Å². The molecule has 0 radical (unpaired) electrons. The molecule has 2 saturated carbocycles. The van der Waals surface area contributed by atoms with Gasteiger partial charge in [0.25, 0.3) is 5.91 Å². The van der Waals surface area contributed by atoms with Crippen molar-refractivity contribution in [1.29, 1.82) is 0 Å². The SMILES string of the molecule is CC(C)(C)OC(=O)N[C@H]1CCCCC/C=C\[C@@H]2C[C@@]2(C(=O)NS(=O)(=O)C2CC2)NC(=O)[C@@H]2C[C@@H](CC(=O)N3Cc4cccc(F)c4C3)CN2C1=O. The van der Waals surface area contributed by atoms with Gasteiger partial charge >= 0.3 is 6.09 Å². The molecule has 3 fully saturated rings. The number of nitrogens with one attached hydrogen (secondary N) is 3. The molecule has 278 valence electrons. The number of ether oxygens (including phenoxy) is 1. The summed E-state index contributed by atoms with van der Waals surface area (Å²) in [4.78, 5) is 71.5. The van der Waals surface area contributed by atoms with E-state index in [2.05, 4.69) is 15.4 Å². The van der Waals surface area contributed by atoms with Gasteiger partial charge in [-0.1, -0.05) is 37.1 Å². The van der Waals surface area contributed by atoms with Crippen LogP contribution >= 0.6 is 0 Å². The highest BCUT2D eigenvalue weighted by molar-refractivity contribution is 7.91. The second kappa shape index (κ2) is 14.2. The quantitative estimate of drug-likeness (QED) is 0.375. The highest BCUT2D eigenvalue weighted by Gasteiger charge is 2.62. The predicted molar refractivity (Wildman–Crippen MR) is 183 cm³/mol. The second-order valence-corrected chi connectivity index (χ2v) is 17.6. The van der Waals surface area contributed by atoms with Crippen LogP contribution in [0, 0.1) is 17.7 Å². The van der Waals surface area contributed by atoms with Crippen molar-refractivity contribution in [3.63, 3.8) is 0 Å². The number of alkyl carbamates (subject to hydrolysis) is 1. The number of carbonyl (C=O) groups excluding carboxylic acids is 5. The molecule has 3 heterocycles. The minimum absolute atomic E-state index is 0.00997. The van der Waals surface area contributed by atoms with Gasteiger partial charge in [0.05, 0.1) is 5.25 Å². The van der Waals surface area contributed by atoms with E-state index in [4.69, 9.17) is 4.74 Å². The number of amides is 5.